The van der Waals surface area contributed by atoms with E-state index in [2.05, 4.69) is 0 Å². The summed E-state index contributed by atoms with van der Waals surface area (Å²) >= 11 is 0. The fourth-order valence-electron chi connectivity index (χ4n) is 2.68. The van der Waals surface area contributed by atoms with Crippen LogP contribution in [0.15, 0.2) is 24.3 Å². The first-order valence-electron chi connectivity index (χ1n) is 6.74. The predicted molar refractivity (Wildman–Crippen MR) is 75.7 cm³/mol. The maximum Gasteiger partial charge on any atom is 0.232 e. The van der Waals surface area contributed by atoms with Gasteiger partial charge in [-0.05, 0) is 44.4 Å². The van der Waals surface area contributed by atoms with Crippen LogP contribution >= 0.6 is 0 Å². The van der Waals surface area contributed by atoms with Crippen molar-refractivity contribution in [2.24, 2.45) is 0 Å². The molecule has 1 amide bonds. The van der Waals surface area contributed by atoms with Crippen molar-refractivity contribution in [3.8, 4) is 0 Å². The third kappa shape index (κ3) is 2.59. The molecule has 4 nitrogen and oxygen atoms in total. The molecule has 1 aromatic rings. The molecule has 2 rings (SSSR count). The number of aliphatic hydroxyl groups is 1. The Labute approximate surface area is 114 Å². The zero-order valence-electron chi connectivity index (χ0n) is 11.6. The molecule has 1 atom stereocenters. The minimum Gasteiger partial charge on any atom is -0.399 e. The number of nitrogen functional groups attached to an aromatic ring is 1. The Hall–Kier alpha value is -1.55. The number of likely N-dealkylation sites (tertiary alicyclic amines) is 1. The summed E-state index contributed by atoms with van der Waals surface area (Å²) in [7, 11) is 0. The number of nitrogens with zero attached hydrogens (tertiary/aromatic N) is 1. The summed E-state index contributed by atoms with van der Waals surface area (Å²) in [6.07, 6.45) is 1.86. The minimum absolute atomic E-state index is 0.0273. The molecule has 0 unspecified atom stereocenters. The zero-order valence-corrected chi connectivity index (χ0v) is 11.6. The summed E-state index contributed by atoms with van der Waals surface area (Å²) < 4.78 is 0. The summed E-state index contributed by atoms with van der Waals surface area (Å²) in [6, 6.07) is 7.41. The fourth-order valence-corrected chi connectivity index (χ4v) is 2.68. The number of aliphatic hydroxyl groups excluding tert-OH is 1. The van der Waals surface area contributed by atoms with Crippen LogP contribution in [0.1, 0.15) is 32.3 Å². The van der Waals surface area contributed by atoms with E-state index in [4.69, 9.17) is 5.73 Å². The number of nitrogens with two attached hydrogens (primary N) is 1. The molecule has 1 heterocycles. The highest BCUT2D eigenvalue weighted by molar-refractivity contribution is 5.88. The van der Waals surface area contributed by atoms with Gasteiger partial charge < -0.3 is 15.7 Å². The van der Waals surface area contributed by atoms with Gasteiger partial charge >= 0.3 is 0 Å². The molecule has 1 aliphatic rings. The van der Waals surface area contributed by atoms with Crippen molar-refractivity contribution in [2.45, 2.75) is 38.1 Å². The van der Waals surface area contributed by atoms with Crippen LogP contribution in [0.3, 0.4) is 0 Å². The summed E-state index contributed by atoms with van der Waals surface area (Å²) in [5.74, 6) is 0.0776. The predicted octanol–water partition coefficient (Wildman–Crippen LogP) is 1.53. The van der Waals surface area contributed by atoms with Crippen LogP contribution in [-0.4, -0.2) is 35.1 Å². The summed E-state index contributed by atoms with van der Waals surface area (Å²) in [4.78, 5) is 14.5. The number of hydrogen-bond acceptors (Lipinski definition) is 3. The Kier molecular flexibility index (Phi) is 3.80. The number of carbonyl (C=O) groups excluding carboxylic acids is 1. The topological polar surface area (TPSA) is 66.6 Å². The van der Waals surface area contributed by atoms with E-state index in [0.29, 0.717) is 5.69 Å². The lowest BCUT2D eigenvalue weighted by Gasteiger charge is -2.33. The van der Waals surface area contributed by atoms with Crippen LogP contribution in [-0.2, 0) is 10.2 Å². The van der Waals surface area contributed by atoms with Crippen molar-refractivity contribution in [1.29, 1.82) is 0 Å². The molecule has 0 aliphatic carbocycles. The maximum absolute atomic E-state index is 12.7. The van der Waals surface area contributed by atoms with E-state index in [1.54, 1.807) is 0 Å². The van der Waals surface area contributed by atoms with Gasteiger partial charge in [0.2, 0.25) is 5.91 Å². The number of amides is 1. The molecule has 1 aliphatic heterocycles. The quantitative estimate of drug-likeness (QED) is 0.812. The van der Waals surface area contributed by atoms with Gasteiger partial charge in [-0.2, -0.15) is 0 Å². The van der Waals surface area contributed by atoms with Gasteiger partial charge in [0.15, 0.2) is 0 Å². The number of anilines is 1. The smallest absolute Gasteiger partial charge is 0.232 e. The molecule has 0 bridgehead atoms. The van der Waals surface area contributed by atoms with Crippen molar-refractivity contribution in [3.05, 3.63) is 29.8 Å². The highest BCUT2D eigenvalue weighted by Crippen LogP contribution is 2.30. The lowest BCUT2D eigenvalue weighted by Crippen LogP contribution is -2.46. The van der Waals surface area contributed by atoms with Gasteiger partial charge in [0.05, 0.1) is 18.1 Å². The van der Waals surface area contributed by atoms with Gasteiger partial charge in [-0.1, -0.05) is 12.1 Å². The molecule has 0 aromatic heterocycles. The Morgan fingerprint density at radius 2 is 2.05 bits per heavy atom. The second kappa shape index (κ2) is 5.21. The van der Waals surface area contributed by atoms with E-state index < -0.39 is 5.41 Å². The van der Waals surface area contributed by atoms with E-state index >= 15 is 0 Å². The molecular weight excluding hydrogens is 240 g/mol. The van der Waals surface area contributed by atoms with Crippen molar-refractivity contribution >= 4 is 11.6 Å². The minimum atomic E-state index is -0.592. The molecule has 0 saturated carbocycles. The van der Waals surface area contributed by atoms with Crippen molar-refractivity contribution in [3.63, 3.8) is 0 Å². The molecule has 19 heavy (non-hydrogen) atoms. The van der Waals surface area contributed by atoms with Crippen molar-refractivity contribution in [2.75, 3.05) is 18.9 Å². The molecule has 104 valence electrons. The van der Waals surface area contributed by atoms with E-state index in [1.165, 1.54) is 0 Å². The van der Waals surface area contributed by atoms with Gasteiger partial charge in [-0.15, -0.1) is 0 Å². The second-order valence-electron chi connectivity index (χ2n) is 5.72. The van der Waals surface area contributed by atoms with E-state index in [9.17, 15) is 9.90 Å². The Bertz CT molecular complexity index is 454. The maximum atomic E-state index is 12.7. The normalized spacial score (nSPS) is 19.7. The number of carbonyl (C=O) groups is 1. The zero-order chi connectivity index (χ0) is 14.0. The first-order chi connectivity index (χ1) is 8.96. The number of benzene rings is 1. The highest BCUT2D eigenvalue weighted by atomic mass is 16.3. The third-order valence-electron chi connectivity index (χ3n) is 4.02. The lowest BCUT2D eigenvalue weighted by atomic mass is 9.83. The monoisotopic (exact) mass is 262 g/mol. The Morgan fingerprint density at radius 1 is 1.42 bits per heavy atom. The molecule has 1 fully saturated rings. The van der Waals surface area contributed by atoms with Crippen LogP contribution in [0.25, 0.3) is 0 Å². The number of hydrogen-bond donors (Lipinski definition) is 2. The van der Waals surface area contributed by atoms with E-state index in [1.807, 2.05) is 43.0 Å². The summed E-state index contributed by atoms with van der Waals surface area (Å²) in [6.45, 7) is 4.63. The molecule has 1 saturated heterocycles. The summed E-state index contributed by atoms with van der Waals surface area (Å²) in [5, 5.41) is 9.35. The van der Waals surface area contributed by atoms with Crippen LogP contribution in [0, 0.1) is 0 Å². The Morgan fingerprint density at radius 3 is 2.63 bits per heavy atom. The highest BCUT2D eigenvalue weighted by Gasteiger charge is 2.38. The standard InChI is InChI=1S/C15H22N2O2/c1-15(2,11-5-7-12(16)8-6-11)14(19)17-9-3-4-13(17)10-18/h5-8,13,18H,3-4,9-10,16H2,1-2H3/t13-/m1/s1. The first kappa shape index (κ1) is 13.9. The van der Waals surface area contributed by atoms with Gasteiger partial charge in [-0.25, -0.2) is 0 Å². The van der Waals surface area contributed by atoms with Crippen LogP contribution in [0.2, 0.25) is 0 Å². The number of rotatable bonds is 3. The van der Waals surface area contributed by atoms with E-state index in [-0.39, 0.29) is 18.6 Å². The van der Waals surface area contributed by atoms with Crippen molar-refractivity contribution in [1.82, 2.24) is 4.90 Å². The third-order valence-corrected chi connectivity index (χ3v) is 4.02. The fraction of sp³-hybridized carbons (Fsp3) is 0.533. The van der Waals surface area contributed by atoms with Gasteiger partial charge in [-0.3, -0.25) is 4.79 Å². The molecule has 0 radical (unpaired) electrons. The molecular formula is C15H22N2O2. The van der Waals surface area contributed by atoms with Crippen LogP contribution in [0.4, 0.5) is 5.69 Å². The van der Waals surface area contributed by atoms with Crippen LogP contribution in [0.5, 0.6) is 0 Å². The lowest BCUT2D eigenvalue weighted by molar-refractivity contribution is -0.137. The van der Waals surface area contributed by atoms with E-state index in [0.717, 1.165) is 24.9 Å². The Balaban J connectivity index is 2.23. The first-order valence-corrected chi connectivity index (χ1v) is 6.74. The van der Waals surface area contributed by atoms with Gasteiger partial charge in [0, 0.05) is 12.2 Å². The largest absolute Gasteiger partial charge is 0.399 e. The van der Waals surface area contributed by atoms with Gasteiger partial charge in [0.1, 0.15) is 0 Å². The summed E-state index contributed by atoms with van der Waals surface area (Å²) in [5.41, 5.74) is 6.74. The van der Waals surface area contributed by atoms with Gasteiger partial charge in [0.25, 0.3) is 0 Å². The van der Waals surface area contributed by atoms with Crippen LogP contribution < -0.4 is 5.73 Å². The average molecular weight is 262 g/mol. The molecule has 1 aromatic carbocycles. The second-order valence-corrected chi connectivity index (χ2v) is 5.72. The molecule has 3 N–H and O–H groups in total. The SMILES string of the molecule is CC(C)(C(=O)N1CCC[C@@H]1CO)c1ccc(N)cc1. The van der Waals surface area contributed by atoms with Crippen molar-refractivity contribution < 1.29 is 9.90 Å². The molecule has 0 spiro atoms. The average Bonchev–Trinajstić information content (AvgIpc) is 2.86. The molecule has 4 heteroatoms.